The molecule has 1 aromatic rings. The first kappa shape index (κ1) is 27.1. The quantitative estimate of drug-likeness (QED) is 0.212. The van der Waals surface area contributed by atoms with Crippen LogP contribution in [-0.2, 0) is 14.3 Å². The summed E-state index contributed by atoms with van der Waals surface area (Å²) in [5.74, 6) is -0.660. The minimum absolute atomic E-state index is 0.187. The van der Waals surface area contributed by atoms with Crippen molar-refractivity contribution in [1.82, 2.24) is 15.5 Å². The lowest BCUT2D eigenvalue weighted by atomic mass is 9.75. The van der Waals surface area contributed by atoms with Crippen molar-refractivity contribution < 1.29 is 14.3 Å². The molecule has 1 saturated carbocycles. The molecule has 6 nitrogen and oxygen atoms in total. The fourth-order valence-electron chi connectivity index (χ4n) is 5.39. The molecule has 1 aliphatic carbocycles. The minimum atomic E-state index is -1.06. The van der Waals surface area contributed by atoms with Crippen LogP contribution in [0.25, 0.3) is 0 Å². The van der Waals surface area contributed by atoms with Crippen molar-refractivity contribution in [1.29, 1.82) is 0 Å². The molecule has 198 valence electrons. The second kappa shape index (κ2) is 12.5. The number of nitrogens with one attached hydrogen (secondary N) is 2. The van der Waals surface area contributed by atoms with Crippen LogP contribution in [0, 0.1) is 17.8 Å². The van der Waals surface area contributed by atoms with Crippen LogP contribution in [-0.4, -0.2) is 41.1 Å². The Morgan fingerprint density at radius 3 is 2.54 bits per heavy atom. The average Bonchev–Trinajstić information content (AvgIpc) is 2.89. The minimum Gasteiger partial charge on any atom is -0.461 e. The number of nitrogens with zero attached hydrogens (tertiary/aromatic N) is 1. The molecule has 2 N–H and O–H groups in total. The summed E-state index contributed by atoms with van der Waals surface area (Å²) >= 11 is 6.12. The molecule has 0 aromatic heterocycles. The number of allylic oxidation sites excluding steroid dienone is 2. The highest BCUT2D eigenvalue weighted by Crippen LogP contribution is 2.36. The third-order valence-electron chi connectivity index (χ3n) is 7.49. The van der Waals surface area contributed by atoms with E-state index in [4.69, 9.17) is 16.3 Å². The molecular weight excluding hydrogens is 486 g/mol. The van der Waals surface area contributed by atoms with Crippen molar-refractivity contribution in [3.05, 3.63) is 84.2 Å². The van der Waals surface area contributed by atoms with Gasteiger partial charge in [0.2, 0.25) is 5.91 Å². The van der Waals surface area contributed by atoms with Gasteiger partial charge in [0, 0.05) is 12.7 Å². The van der Waals surface area contributed by atoms with Crippen molar-refractivity contribution in [3.63, 3.8) is 0 Å². The summed E-state index contributed by atoms with van der Waals surface area (Å²) in [4.78, 5) is 29.8. The Morgan fingerprint density at radius 2 is 1.89 bits per heavy atom. The van der Waals surface area contributed by atoms with E-state index in [1.165, 1.54) is 0 Å². The number of carbonyl (C=O) groups is 2. The first-order chi connectivity index (χ1) is 17.8. The van der Waals surface area contributed by atoms with Gasteiger partial charge in [-0.25, -0.2) is 0 Å². The number of alkyl halides is 1. The van der Waals surface area contributed by atoms with E-state index >= 15 is 0 Å². The zero-order valence-electron chi connectivity index (χ0n) is 21.8. The smallest absolute Gasteiger partial charge is 0.323 e. The van der Waals surface area contributed by atoms with Gasteiger partial charge in [-0.05, 0) is 66.2 Å². The second-order valence-electron chi connectivity index (χ2n) is 10.6. The van der Waals surface area contributed by atoms with Crippen LogP contribution < -0.4 is 10.6 Å². The summed E-state index contributed by atoms with van der Waals surface area (Å²) in [7, 11) is 0. The van der Waals surface area contributed by atoms with Crippen molar-refractivity contribution in [2.45, 2.75) is 63.7 Å². The number of rotatable bonds is 8. The van der Waals surface area contributed by atoms with Gasteiger partial charge in [0.05, 0.1) is 0 Å². The number of benzene rings is 1. The number of ether oxygens (including phenoxy) is 1. The fourth-order valence-corrected chi connectivity index (χ4v) is 5.53. The van der Waals surface area contributed by atoms with E-state index in [0.717, 1.165) is 24.8 Å². The fraction of sp³-hybridized carbons (Fsp3) is 0.467. The first-order valence-corrected chi connectivity index (χ1v) is 13.7. The van der Waals surface area contributed by atoms with Crippen molar-refractivity contribution in [3.8, 4) is 0 Å². The molecule has 3 aliphatic rings. The average molecular weight is 524 g/mol. The molecule has 2 aliphatic heterocycles. The molecule has 4 rings (SSSR count). The molecule has 0 radical (unpaired) electrons. The molecule has 0 saturated heterocycles. The lowest BCUT2D eigenvalue weighted by molar-refractivity contribution is -0.162. The molecule has 37 heavy (non-hydrogen) atoms. The van der Waals surface area contributed by atoms with Crippen molar-refractivity contribution in [2.75, 3.05) is 6.54 Å². The normalized spacial score (nSPS) is 27.6. The van der Waals surface area contributed by atoms with Gasteiger partial charge in [0.1, 0.15) is 17.8 Å². The van der Waals surface area contributed by atoms with Gasteiger partial charge in [0.25, 0.3) is 0 Å². The summed E-state index contributed by atoms with van der Waals surface area (Å²) in [5.41, 5.74) is 1.23. The Hall–Kier alpha value is -2.99. The van der Waals surface area contributed by atoms with Gasteiger partial charge in [0.15, 0.2) is 5.92 Å². The lowest BCUT2D eigenvalue weighted by Gasteiger charge is -2.38. The zero-order chi connectivity index (χ0) is 26.4. The first-order valence-electron chi connectivity index (χ1n) is 13.3. The Balaban J connectivity index is 1.63. The third-order valence-corrected chi connectivity index (χ3v) is 7.76. The van der Waals surface area contributed by atoms with Crippen LogP contribution in [0.4, 0.5) is 0 Å². The van der Waals surface area contributed by atoms with Gasteiger partial charge in [-0.3, -0.25) is 9.59 Å². The molecule has 6 unspecified atom stereocenters. The van der Waals surface area contributed by atoms with Gasteiger partial charge in [-0.15, -0.1) is 0 Å². The summed E-state index contributed by atoms with van der Waals surface area (Å²) in [5, 5.41) is 6.31. The molecular formula is C30H38ClN3O3. The molecule has 0 spiro atoms. The highest BCUT2D eigenvalue weighted by molar-refractivity contribution is 6.21. The molecule has 7 heteroatoms. The Labute approximate surface area is 225 Å². The standard InChI is InChI=1S/C30H38ClN3O3/c1-20(2)24-14-12-21(3)17-25(24)37-30(36)28(23-9-5-4-6-10-23)29(35)34(27-11-7-8-16-32-27)19-22-13-15-26(31)33-18-22/h4-11,13,15-16,18,20-21,24-28,32-33H,12,14,17,19H2,1-3H3. The highest BCUT2D eigenvalue weighted by Gasteiger charge is 2.40. The largest absolute Gasteiger partial charge is 0.461 e. The maximum Gasteiger partial charge on any atom is 0.323 e. The Kier molecular flexibility index (Phi) is 9.14. The molecule has 2 heterocycles. The van der Waals surface area contributed by atoms with E-state index in [2.05, 4.69) is 31.4 Å². The van der Waals surface area contributed by atoms with Crippen LogP contribution in [0.1, 0.15) is 51.5 Å². The topological polar surface area (TPSA) is 70.7 Å². The number of hydrogen-bond donors (Lipinski definition) is 2. The Morgan fingerprint density at radius 1 is 1.11 bits per heavy atom. The number of carbonyl (C=O) groups excluding carboxylic acids is 2. The highest BCUT2D eigenvalue weighted by atomic mass is 35.5. The predicted octanol–water partition coefficient (Wildman–Crippen LogP) is 5.21. The predicted molar refractivity (Wildman–Crippen MR) is 147 cm³/mol. The summed E-state index contributed by atoms with van der Waals surface area (Å²) in [6.45, 7) is 6.87. The van der Waals surface area contributed by atoms with Crippen molar-refractivity contribution >= 4 is 23.5 Å². The molecule has 1 amide bonds. The van der Waals surface area contributed by atoms with E-state index in [-0.39, 0.29) is 17.5 Å². The SMILES string of the molecule is CC1CCC(C(C)C)C(OC(=O)C(C(=O)N(CC2=CNC(Cl)C=C2)C2C=CC=CN2)c2ccccc2)C1. The molecule has 1 fully saturated rings. The lowest BCUT2D eigenvalue weighted by Crippen LogP contribution is -2.51. The van der Waals surface area contributed by atoms with Gasteiger partial charge < -0.3 is 20.3 Å². The van der Waals surface area contributed by atoms with E-state index in [1.807, 2.05) is 66.9 Å². The van der Waals surface area contributed by atoms with Gasteiger partial charge in [-0.2, -0.15) is 0 Å². The molecule has 0 bridgehead atoms. The van der Waals surface area contributed by atoms with Crippen LogP contribution in [0.2, 0.25) is 0 Å². The molecule has 1 aromatic carbocycles. The number of halogens is 1. The van der Waals surface area contributed by atoms with E-state index < -0.39 is 18.1 Å². The van der Waals surface area contributed by atoms with Gasteiger partial charge >= 0.3 is 5.97 Å². The maximum absolute atomic E-state index is 14.3. The number of amides is 1. The molecule has 6 atom stereocenters. The third kappa shape index (κ3) is 6.86. The summed E-state index contributed by atoms with van der Waals surface area (Å²) < 4.78 is 6.22. The maximum atomic E-state index is 14.3. The number of dihydropyridines is 2. The zero-order valence-corrected chi connectivity index (χ0v) is 22.6. The van der Waals surface area contributed by atoms with E-state index in [1.54, 1.807) is 11.1 Å². The number of esters is 1. The van der Waals surface area contributed by atoms with Crippen molar-refractivity contribution in [2.24, 2.45) is 17.8 Å². The second-order valence-corrected chi connectivity index (χ2v) is 11.1. The Bertz CT molecular complexity index is 1070. The van der Waals surface area contributed by atoms with E-state index in [0.29, 0.717) is 29.9 Å². The summed E-state index contributed by atoms with van der Waals surface area (Å²) in [6.07, 6.45) is 15.4. The van der Waals surface area contributed by atoms with Crippen LogP contribution in [0.5, 0.6) is 0 Å². The monoisotopic (exact) mass is 523 g/mol. The van der Waals surface area contributed by atoms with Crippen LogP contribution in [0.15, 0.2) is 78.7 Å². The van der Waals surface area contributed by atoms with Crippen LogP contribution >= 0.6 is 11.6 Å². The summed E-state index contributed by atoms with van der Waals surface area (Å²) in [6, 6.07) is 9.24. The van der Waals surface area contributed by atoms with E-state index in [9.17, 15) is 9.59 Å². The van der Waals surface area contributed by atoms with Gasteiger partial charge in [-0.1, -0.05) is 81.3 Å². The van der Waals surface area contributed by atoms with Crippen LogP contribution in [0.3, 0.4) is 0 Å². The number of hydrogen-bond acceptors (Lipinski definition) is 5.